The number of nitrogens with two attached hydrogens (primary N) is 1. The van der Waals surface area contributed by atoms with Crippen LogP contribution in [0.5, 0.6) is 11.5 Å². The number of benzene rings is 2. The van der Waals surface area contributed by atoms with E-state index < -0.39 is 5.91 Å². The zero-order valence-corrected chi connectivity index (χ0v) is 18.2. The number of amides is 1. The van der Waals surface area contributed by atoms with E-state index in [1.165, 1.54) is 12.1 Å². The third-order valence-electron chi connectivity index (χ3n) is 5.17. The maximum atomic E-state index is 12.5. The SMILES string of the molecule is C/C=C\C(NCc1ccc(O)c(O)c1)=C(/C(N)=O)c1nc2c(C)cc(-n3ccnc3)cc2[nH]1. The van der Waals surface area contributed by atoms with Gasteiger partial charge in [-0.3, -0.25) is 4.79 Å². The Labute approximate surface area is 189 Å². The number of imidazole rings is 2. The summed E-state index contributed by atoms with van der Waals surface area (Å²) in [7, 11) is 0. The number of aryl methyl sites for hydroxylation is 1. The second-order valence-corrected chi connectivity index (χ2v) is 7.54. The van der Waals surface area contributed by atoms with Crippen molar-refractivity contribution in [3.05, 3.63) is 83.9 Å². The molecule has 168 valence electrons. The fraction of sp³-hybridized carbons (Fsp3) is 0.125. The molecule has 4 rings (SSSR count). The first-order chi connectivity index (χ1) is 15.9. The van der Waals surface area contributed by atoms with Gasteiger partial charge in [-0.05, 0) is 55.3 Å². The van der Waals surface area contributed by atoms with Gasteiger partial charge in [0.15, 0.2) is 11.5 Å². The number of nitrogens with one attached hydrogen (secondary N) is 2. The average molecular weight is 444 g/mol. The van der Waals surface area contributed by atoms with Crippen molar-refractivity contribution < 1.29 is 15.0 Å². The molecule has 0 unspecified atom stereocenters. The summed E-state index contributed by atoms with van der Waals surface area (Å²) in [5.41, 5.74) is 10.5. The van der Waals surface area contributed by atoms with E-state index in [0.29, 0.717) is 17.1 Å². The van der Waals surface area contributed by atoms with Crippen LogP contribution in [0.15, 0.2) is 66.9 Å². The Morgan fingerprint density at radius 3 is 2.73 bits per heavy atom. The van der Waals surface area contributed by atoms with Gasteiger partial charge in [-0.15, -0.1) is 0 Å². The van der Waals surface area contributed by atoms with E-state index in [1.54, 1.807) is 30.7 Å². The molecule has 0 fully saturated rings. The molecule has 1 amide bonds. The van der Waals surface area contributed by atoms with Crippen molar-refractivity contribution in [2.24, 2.45) is 5.73 Å². The van der Waals surface area contributed by atoms with Crippen molar-refractivity contribution in [1.82, 2.24) is 24.8 Å². The Kier molecular flexibility index (Phi) is 5.86. The van der Waals surface area contributed by atoms with E-state index in [0.717, 1.165) is 22.3 Å². The minimum absolute atomic E-state index is 0.200. The molecule has 2 heterocycles. The summed E-state index contributed by atoms with van der Waals surface area (Å²) in [6, 6.07) is 8.44. The monoisotopic (exact) mass is 444 g/mol. The van der Waals surface area contributed by atoms with Crippen LogP contribution < -0.4 is 11.1 Å². The Morgan fingerprint density at radius 1 is 1.24 bits per heavy atom. The quantitative estimate of drug-likeness (QED) is 0.168. The molecule has 33 heavy (non-hydrogen) atoms. The van der Waals surface area contributed by atoms with Gasteiger partial charge in [0, 0.05) is 24.6 Å². The van der Waals surface area contributed by atoms with E-state index in [1.807, 2.05) is 36.7 Å². The predicted octanol–water partition coefficient (Wildman–Crippen LogP) is 3.03. The zero-order chi connectivity index (χ0) is 23.5. The highest BCUT2D eigenvalue weighted by molar-refractivity contribution is 6.19. The molecular formula is C24H24N6O3. The van der Waals surface area contributed by atoms with Crippen LogP contribution in [0.2, 0.25) is 0 Å². The number of allylic oxidation sites excluding steroid dienone is 2. The van der Waals surface area contributed by atoms with Crippen molar-refractivity contribution in [1.29, 1.82) is 0 Å². The van der Waals surface area contributed by atoms with Gasteiger partial charge in [0.1, 0.15) is 11.4 Å². The lowest BCUT2D eigenvalue weighted by molar-refractivity contribution is -0.112. The largest absolute Gasteiger partial charge is 0.504 e. The van der Waals surface area contributed by atoms with Crippen LogP contribution in [0, 0.1) is 6.92 Å². The van der Waals surface area contributed by atoms with Gasteiger partial charge >= 0.3 is 0 Å². The number of primary amides is 1. The van der Waals surface area contributed by atoms with E-state index in [-0.39, 0.29) is 23.6 Å². The highest BCUT2D eigenvalue weighted by atomic mass is 16.3. The van der Waals surface area contributed by atoms with Crippen LogP contribution >= 0.6 is 0 Å². The number of fused-ring (bicyclic) bond motifs is 1. The third-order valence-corrected chi connectivity index (χ3v) is 5.17. The van der Waals surface area contributed by atoms with Gasteiger partial charge in [0.2, 0.25) is 0 Å². The van der Waals surface area contributed by atoms with Crippen molar-refractivity contribution >= 4 is 22.5 Å². The molecular weight excluding hydrogens is 420 g/mol. The van der Waals surface area contributed by atoms with Crippen LogP contribution in [0.4, 0.5) is 0 Å². The van der Waals surface area contributed by atoms with Gasteiger partial charge in [-0.1, -0.05) is 12.1 Å². The Hall–Kier alpha value is -4.53. The fourth-order valence-corrected chi connectivity index (χ4v) is 3.60. The summed E-state index contributed by atoms with van der Waals surface area (Å²) in [4.78, 5) is 24.5. The van der Waals surface area contributed by atoms with Gasteiger partial charge in [0.05, 0.1) is 23.1 Å². The van der Waals surface area contributed by atoms with E-state index in [2.05, 4.69) is 20.3 Å². The summed E-state index contributed by atoms with van der Waals surface area (Å²) in [6.07, 6.45) is 8.78. The lowest BCUT2D eigenvalue weighted by atomic mass is 10.1. The molecule has 0 saturated heterocycles. The minimum Gasteiger partial charge on any atom is -0.504 e. The molecule has 9 nitrogen and oxygen atoms in total. The smallest absolute Gasteiger partial charge is 0.254 e. The molecule has 0 bridgehead atoms. The van der Waals surface area contributed by atoms with Crippen molar-refractivity contribution in [3.63, 3.8) is 0 Å². The second kappa shape index (κ2) is 8.91. The summed E-state index contributed by atoms with van der Waals surface area (Å²) in [5, 5.41) is 22.4. The minimum atomic E-state index is -0.643. The van der Waals surface area contributed by atoms with E-state index in [9.17, 15) is 15.0 Å². The van der Waals surface area contributed by atoms with E-state index >= 15 is 0 Å². The number of carbonyl (C=O) groups is 1. The van der Waals surface area contributed by atoms with Crippen LogP contribution in [0.3, 0.4) is 0 Å². The number of nitrogens with zero attached hydrogens (tertiary/aromatic N) is 3. The van der Waals surface area contributed by atoms with Gasteiger partial charge in [-0.25, -0.2) is 9.97 Å². The summed E-state index contributed by atoms with van der Waals surface area (Å²) >= 11 is 0. The number of aromatic amines is 1. The van der Waals surface area contributed by atoms with Crippen LogP contribution in [0.1, 0.15) is 23.9 Å². The number of rotatable bonds is 7. The topological polar surface area (TPSA) is 142 Å². The zero-order valence-electron chi connectivity index (χ0n) is 18.2. The number of hydrogen-bond acceptors (Lipinski definition) is 6. The molecule has 4 aromatic rings. The van der Waals surface area contributed by atoms with Gasteiger partial charge < -0.3 is 30.8 Å². The molecule has 2 aromatic carbocycles. The third kappa shape index (κ3) is 4.42. The van der Waals surface area contributed by atoms with Crippen LogP contribution in [-0.2, 0) is 11.3 Å². The lowest BCUT2D eigenvalue weighted by Gasteiger charge is -2.12. The molecule has 9 heteroatoms. The molecule has 0 aliphatic carbocycles. The number of H-pyrrole nitrogens is 1. The van der Waals surface area contributed by atoms with E-state index in [4.69, 9.17) is 5.73 Å². The first-order valence-corrected chi connectivity index (χ1v) is 10.3. The second-order valence-electron chi connectivity index (χ2n) is 7.54. The lowest BCUT2D eigenvalue weighted by Crippen LogP contribution is -2.21. The predicted molar refractivity (Wildman–Crippen MR) is 125 cm³/mol. The maximum Gasteiger partial charge on any atom is 0.254 e. The van der Waals surface area contributed by atoms with Gasteiger partial charge in [0.25, 0.3) is 5.91 Å². The van der Waals surface area contributed by atoms with Crippen molar-refractivity contribution in [2.75, 3.05) is 0 Å². The molecule has 0 saturated carbocycles. The Balaban J connectivity index is 1.76. The number of phenolic OH excluding ortho intramolecular Hbond substituents is 2. The van der Waals surface area contributed by atoms with Crippen molar-refractivity contribution in [3.8, 4) is 17.2 Å². The summed E-state index contributed by atoms with van der Waals surface area (Å²) in [6.45, 7) is 4.06. The standard InChI is InChI=1S/C24H24N6O3/c1-3-4-17(27-12-15-5-6-19(31)20(32)10-15)21(23(25)33)24-28-18-11-16(30-8-7-26-13-30)9-14(2)22(18)29-24/h3-11,13,27,31-32H,12H2,1-2H3,(H2,25,33)(H,28,29)/b4-3-,21-17-. The molecule has 0 aliphatic rings. The summed E-state index contributed by atoms with van der Waals surface area (Å²) < 4.78 is 1.89. The van der Waals surface area contributed by atoms with Crippen LogP contribution in [0.25, 0.3) is 22.3 Å². The highest BCUT2D eigenvalue weighted by Crippen LogP contribution is 2.27. The number of hydrogen-bond donors (Lipinski definition) is 5. The molecule has 6 N–H and O–H groups in total. The Morgan fingerprint density at radius 2 is 2.06 bits per heavy atom. The normalized spacial score (nSPS) is 12.3. The summed E-state index contributed by atoms with van der Waals surface area (Å²) in [5.74, 6) is -0.718. The fourth-order valence-electron chi connectivity index (χ4n) is 3.60. The Bertz CT molecular complexity index is 1380. The number of carbonyl (C=O) groups excluding carboxylic acids is 1. The molecule has 0 spiro atoms. The molecule has 2 aromatic heterocycles. The number of phenols is 2. The van der Waals surface area contributed by atoms with Crippen LogP contribution in [-0.4, -0.2) is 35.6 Å². The maximum absolute atomic E-state index is 12.5. The first kappa shape index (κ1) is 21.7. The average Bonchev–Trinajstić information content (AvgIpc) is 3.44. The van der Waals surface area contributed by atoms with Gasteiger partial charge in [-0.2, -0.15) is 0 Å². The molecule has 0 atom stereocenters. The van der Waals surface area contributed by atoms with Crippen molar-refractivity contribution in [2.45, 2.75) is 20.4 Å². The number of aromatic hydroxyl groups is 2. The number of aromatic nitrogens is 4. The highest BCUT2D eigenvalue weighted by Gasteiger charge is 2.19. The first-order valence-electron chi connectivity index (χ1n) is 10.3. The molecule has 0 aliphatic heterocycles. The molecule has 0 radical (unpaired) electrons.